The maximum absolute atomic E-state index is 12.5. The van der Waals surface area contributed by atoms with Crippen LogP contribution in [0.1, 0.15) is 0 Å². The van der Waals surface area contributed by atoms with Crippen LogP contribution in [0.2, 0.25) is 0 Å². The summed E-state index contributed by atoms with van der Waals surface area (Å²) in [4.78, 5) is 29.3. The highest BCUT2D eigenvalue weighted by Crippen LogP contribution is 2.26. The number of halogens is 3. The summed E-state index contributed by atoms with van der Waals surface area (Å²) in [5, 5.41) is 2.76. The zero-order chi connectivity index (χ0) is 17.7. The molecular weight excluding hydrogens is 366 g/mol. The zero-order valence-corrected chi connectivity index (χ0v) is 13.5. The molecule has 1 amide bonds. The third-order valence-corrected chi connectivity index (χ3v) is 3.40. The molecule has 2 aromatic rings. The van der Waals surface area contributed by atoms with Crippen LogP contribution in [0.5, 0.6) is 5.75 Å². The van der Waals surface area contributed by atoms with E-state index >= 15 is 0 Å². The van der Waals surface area contributed by atoms with Gasteiger partial charge in [0.1, 0.15) is 11.6 Å². The number of hydrogen-bond acceptors (Lipinski definition) is 6. The molecule has 0 aliphatic heterocycles. The Morgan fingerprint density at radius 3 is 2.67 bits per heavy atom. The lowest BCUT2D eigenvalue weighted by molar-refractivity contribution is -0.113. The van der Waals surface area contributed by atoms with Crippen LogP contribution < -0.4 is 21.3 Å². The number of carbonyl (C=O) groups excluding carboxylic acids is 1. The van der Waals surface area contributed by atoms with Crippen LogP contribution in [0, 0.1) is 0 Å². The third-order valence-electron chi connectivity index (χ3n) is 2.45. The fourth-order valence-corrected chi connectivity index (χ4v) is 2.36. The number of anilines is 2. The molecule has 7 nitrogen and oxygen atoms in total. The van der Waals surface area contributed by atoms with Crippen LogP contribution in [0.4, 0.5) is 20.3 Å². The molecule has 0 radical (unpaired) electrons. The number of H-pyrrole nitrogens is 1. The van der Waals surface area contributed by atoms with Gasteiger partial charge < -0.3 is 20.8 Å². The van der Waals surface area contributed by atoms with E-state index in [1.165, 1.54) is 24.3 Å². The van der Waals surface area contributed by atoms with Crippen molar-refractivity contribution in [3.05, 3.63) is 40.7 Å². The molecule has 11 heteroatoms. The number of nitrogens with zero attached hydrogens (tertiary/aromatic N) is 1. The molecule has 2 rings (SSSR count). The molecule has 128 valence electrons. The molecule has 1 heterocycles. The summed E-state index contributed by atoms with van der Waals surface area (Å²) in [5.74, 6) is -0.525. The van der Waals surface area contributed by atoms with Crippen molar-refractivity contribution < 1.29 is 18.3 Å². The minimum atomic E-state index is -3.80. The molecule has 0 aliphatic carbocycles. The van der Waals surface area contributed by atoms with E-state index in [0.717, 1.165) is 17.8 Å². The quantitative estimate of drug-likeness (QED) is 0.405. The van der Waals surface area contributed by atoms with Crippen molar-refractivity contribution >= 4 is 40.8 Å². The van der Waals surface area contributed by atoms with Gasteiger partial charge in [0.05, 0.1) is 5.75 Å². The second-order valence-corrected chi connectivity index (χ2v) is 5.79. The summed E-state index contributed by atoms with van der Waals surface area (Å²) in [6.07, 6.45) is 0. The van der Waals surface area contributed by atoms with Gasteiger partial charge in [0.15, 0.2) is 5.16 Å². The summed E-state index contributed by atoms with van der Waals surface area (Å²) in [7, 11) is 0. The van der Waals surface area contributed by atoms with Gasteiger partial charge in [-0.3, -0.25) is 9.59 Å². The van der Waals surface area contributed by atoms with Gasteiger partial charge >= 0.3 is 5.57 Å². The molecule has 24 heavy (non-hydrogen) atoms. The lowest BCUT2D eigenvalue weighted by Crippen LogP contribution is -2.16. The van der Waals surface area contributed by atoms with Crippen molar-refractivity contribution in [3.63, 3.8) is 0 Å². The molecule has 4 N–H and O–H groups in total. The first kappa shape index (κ1) is 18.0. The van der Waals surface area contributed by atoms with Crippen LogP contribution in [0.25, 0.3) is 0 Å². The maximum atomic E-state index is 12.5. The van der Waals surface area contributed by atoms with E-state index in [1.807, 2.05) is 0 Å². The predicted molar refractivity (Wildman–Crippen MR) is 86.5 cm³/mol. The third kappa shape index (κ3) is 6.05. The minimum Gasteiger partial charge on any atom is -0.420 e. The van der Waals surface area contributed by atoms with Crippen molar-refractivity contribution in [1.82, 2.24) is 9.97 Å². The SMILES string of the molecule is Nc1cc(=O)[nH]c(SCC(=O)Nc2ccc(OC(F)(F)Cl)cc2)n1. The van der Waals surface area contributed by atoms with E-state index in [1.54, 1.807) is 0 Å². The summed E-state index contributed by atoms with van der Waals surface area (Å²) < 4.78 is 29.1. The van der Waals surface area contributed by atoms with Crippen LogP contribution in [0.3, 0.4) is 0 Å². The molecule has 0 spiro atoms. The molecule has 0 unspecified atom stereocenters. The number of nitrogen functional groups attached to an aromatic ring is 1. The lowest BCUT2D eigenvalue weighted by Gasteiger charge is -2.11. The van der Waals surface area contributed by atoms with Gasteiger partial charge in [-0.2, -0.15) is 0 Å². The Morgan fingerprint density at radius 1 is 1.42 bits per heavy atom. The van der Waals surface area contributed by atoms with Crippen molar-refractivity contribution in [2.24, 2.45) is 0 Å². The second-order valence-electron chi connectivity index (χ2n) is 4.38. The van der Waals surface area contributed by atoms with Crippen molar-refractivity contribution in [2.75, 3.05) is 16.8 Å². The average molecular weight is 377 g/mol. The van der Waals surface area contributed by atoms with Crippen LogP contribution >= 0.6 is 23.4 Å². The number of thioether (sulfide) groups is 1. The van der Waals surface area contributed by atoms with Gasteiger partial charge in [-0.25, -0.2) is 4.98 Å². The summed E-state index contributed by atoms with van der Waals surface area (Å²) in [6.45, 7) is 0. The number of nitrogens with one attached hydrogen (secondary N) is 2. The molecule has 0 bridgehead atoms. The Balaban J connectivity index is 1.89. The number of nitrogens with two attached hydrogens (primary N) is 1. The zero-order valence-electron chi connectivity index (χ0n) is 11.9. The molecule has 0 fully saturated rings. The normalized spacial score (nSPS) is 11.1. The molecule has 0 saturated carbocycles. The molecule has 0 atom stereocenters. The number of benzene rings is 1. The first-order valence-corrected chi connectivity index (χ1v) is 7.73. The van der Waals surface area contributed by atoms with Crippen LogP contribution in [-0.2, 0) is 4.79 Å². The van der Waals surface area contributed by atoms with E-state index in [2.05, 4.69) is 31.6 Å². The van der Waals surface area contributed by atoms with E-state index < -0.39 is 11.1 Å². The number of aromatic amines is 1. The average Bonchev–Trinajstić information content (AvgIpc) is 2.45. The fourth-order valence-electron chi connectivity index (χ4n) is 1.59. The van der Waals surface area contributed by atoms with Gasteiger partial charge in [-0.15, -0.1) is 8.78 Å². The van der Waals surface area contributed by atoms with Gasteiger partial charge in [0.2, 0.25) is 5.91 Å². The highest BCUT2D eigenvalue weighted by atomic mass is 35.5. The predicted octanol–water partition coefficient (Wildman–Crippen LogP) is 2.25. The number of hydrogen-bond donors (Lipinski definition) is 3. The molecular formula is C13H11ClF2N4O3S. The molecule has 0 saturated heterocycles. The highest BCUT2D eigenvalue weighted by Gasteiger charge is 2.27. The number of ether oxygens (including phenoxy) is 1. The monoisotopic (exact) mass is 376 g/mol. The number of aromatic nitrogens is 2. The summed E-state index contributed by atoms with van der Waals surface area (Å²) in [6, 6.07) is 6.34. The Morgan fingerprint density at radius 2 is 2.08 bits per heavy atom. The van der Waals surface area contributed by atoms with Crippen molar-refractivity contribution in [2.45, 2.75) is 10.7 Å². The van der Waals surface area contributed by atoms with E-state index in [0.29, 0.717) is 5.69 Å². The summed E-state index contributed by atoms with van der Waals surface area (Å²) >= 11 is 5.63. The standard InChI is InChI=1S/C13H11ClF2N4O3S/c14-13(15,16)23-8-3-1-7(2-4-8)18-11(22)6-24-12-19-9(17)5-10(21)20-12/h1-5H,6H2,(H,18,22)(H3,17,19,20,21). The topological polar surface area (TPSA) is 110 Å². The maximum Gasteiger partial charge on any atom is 0.487 e. The Bertz CT molecular complexity index is 780. The van der Waals surface area contributed by atoms with Gasteiger partial charge in [0.25, 0.3) is 5.56 Å². The van der Waals surface area contributed by atoms with Gasteiger partial charge in [-0.1, -0.05) is 11.8 Å². The molecule has 0 aliphatic rings. The van der Waals surface area contributed by atoms with Crippen molar-refractivity contribution in [3.8, 4) is 5.75 Å². The Labute approximate surface area is 143 Å². The Kier molecular flexibility index (Phi) is 5.62. The van der Waals surface area contributed by atoms with E-state index in [9.17, 15) is 18.4 Å². The second kappa shape index (κ2) is 7.49. The largest absolute Gasteiger partial charge is 0.487 e. The van der Waals surface area contributed by atoms with Crippen molar-refractivity contribution in [1.29, 1.82) is 0 Å². The van der Waals surface area contributed by atoms with Crippen LogP contribution in [0.15, 0.2) is 40.3 Å². The first-order valence-electron chi connectivity index (χ1n) is 6.36. The highest BCUT2D eigenvalue weighted by molar-refractivity contribution is 7.99. The summed E-state index contributed by atoms with van der Waals surface area (Å²) in [5.41, 5.74) is 1.58. The number of alkyl halides is 3. The number of rotatable bonds is 6. The van der Waals surface area contributed by atoms with Gasteiger partial charge in [-0.05, 0) is 24.3 Å². The molecule has 1 aromatic heterocycles. The first-order chi connectivity index (χ1) is 11.2. The Hall–Kier alpha value is -2.33. The lowest BCUT2D eigenvalue weighted by atomic mass is 10.3. The van der Waals surface area contributed by atoms with E-state index in [-0.39, 0.29) is 28.4 Å². The number of amides is 1. The minimum absolute atomic E-state index is 0.0373. The smallest absolute Gasteiger partial charge is 0.420 e. The van der Waals surface area contributed by atoms with E-state index in [4.69, 9.17) is 5.73 Å². The number of carbonyl (C=O) groups is 1. The molecule has 1 aromatic carbocycles. The van der Waals surface area contributed by atoms with Crippen LogP contribution in [-0.4, -0.2) is 27.2 Å². The fraction of sp³-hybridized carbons (Fsp3) is 0.154. The van der Waals surface area contributed by atoms with Gasteiger partial charge in [0, 0.05) is 23.4 Å².